The van der Waals surface area contributed by atoms with Gasteiger partial charge in [0.2, 0.25) is 0 Å². The van der Waals surface area contributed by atoms with Gasteiger partial charge in [-0.05, 0) is 37.4 Å². The van der Waals surface area contributed by atoms with Crippen molar-refractivity contribution in [3.8, 4) is 0 Å². The van der Waals surface area contributed by atoms with Crippen LogP contribution in [0.3, 0.4) is 0 Å². The Labute approximate surface area is 80.7 Å². The van der Waals surface area contributed by atoms with E-state index >= 15 is 0 Å². The summed E-state index contributed by atoms with van der Waals surface area (Å²) < 4.78 is 2.33. The fourth-order valence-electron chi connectivity index (χ4n) is 1.63. The highest BCUT2D eigenvalue weighted by Crippen LogP contribution is 2.17. The van der Waals surface area contributed by atoms with Gasteiger partial charge in [0.05, 0.1) is 0 Å². The van der Waals surface area contributed by atoms with E-state index in [2.05, 4.69) is 37.6 Å². The smallest absolute Gasteiger partial charge is 0.0234 e. The van der Waals surface area contributed by atoms with Gasteiger partial charge in [0.25, 0.3) is 0 Å². The van der Waals surface area contributed by atoms with Gasteiger partial charge in [-0.25, -0.2) is 0 Å². The number of rotatable bonds is 4. The molecule has 13 heavy (non-hydrogen) atoms. The molecule has 0 atom stereocenters. The summed E-state index contributed by atoms with van der Waals surface area (Å²) in [4.78, 5) is 0. The number of aromatic nitrogens is 1. The summed E-state index contributed by atoms with van der Waals surface area (Å²) in [5, 5.41) is 0. The zero-order valence-corrected chi connectivity index (χ0v) is 8.88. The van der Waals surface area contributed by atoms with Gasteiger partial charge in [0, 0.05) is 18.4 Å². The second-order valence-corrected chi connectivity index (χ2v) is 3.93. The zero-order valence-electron chi connectivity index (χ0n) is 8.88. The molecule has 0 radical (unpaired) electrons. The molecule has 0 fully saturated rings. The second-order valence-electron chi connectivity index (χ2n) is 3.93. The third-order valence-electron chi connectivity index (χ3n) is 2.26. The third-order valence-corrected chi connectivity index (χ3v) is 2.26. The molecule has 2 heteroatoms. The van der Waals surface area contributed by atoms with E-state index in [1.54, 1.807) is 0 Å². The first-order valence-electron chi connectivity index (χ1n) is 5.02. The Hall–Kier alpha value is -0.760. The van der Waals surface area contributed by atoms with Crippen molar-refractivity contribution in [2.45, 2.75) is 39.7 Å². The predicted octanol–water partition coefficient (Wildman–Crippen LogP) is 2.27. The highest BCUT2D eigenvalue weighted by atomic mass is 15.0. The molecule has 74 valence electrons. The van der Waals surface area contributed by atoms with Crippen LogP contribution in [-0.2, 0) is 6.54 Å². The van der Waals surface area contributed by atoms with Gasteiger partial charge in [-0.1, -0.05) is 13.8 Å². The maximum Gasteiger partial charge on any atom is 0.0234 e. The third kappa shape index (κ3) is 2.59. The summed E-state index contributed by atoms with van der Waals surface area (Å²) in [6.45, 7) is 8.43. The molecular formula is C11H20N2. The van der Waals surface area contributed by atoms with Crippen molar-refractivity contribution in [3.63, 3.8) is 0 Å². The Kier molecular flexibility index (Phi) is 3.55. The minimum absolute atomic E-state index is 0.603. The average Bonchev–Trinajstić information content (AvgIpc) is 2.43. The number of hydrogen-bond donors (Lipinski definition) is 1. The molecule has 1 aromatic heterocycles. The molecule has 0 saturated carbocycles. The zero-order chi connectivity index (χ0) is 9.84. The van der Waals surface area contributed by atoms with Gasteiger partial charge >= 0.3 is 0 Å². The molecule has 0 bridgehead atoms. The molecule has 0 aliphatic rings. The SMILES string of the molecule is Cc1cc(C(C)C)n(CCCN)c1. The lowest BCUT2D eigenvalue weighted by Gasteiger charge is -2.10. The van der Waals surface area contributed by atoms with Crippen molar-refractivity contribution in [3.05, 3.63) is 23.5 Å². The molecule has 1 aromatic rings. The minimum atomic E-state index is 0.603. The van der Waals surface area contributed by atoms with Crippen LogP contribution in [0.1, 0.15) is 37.4 Å². The molecule has 1 heterocycles. The van der Waals surface area contributed by atoms with Crippen LogP contribution in [-0.4, -0.2) is 11.1 Å². The molecule has 2 N–H and O–H groups in total. The molecule has 1 rings (SSSR count). The molecule has 0 aromatic carbocycles. The van der Waals surface area contributed by atoms with Crippen molar-refractivity contribution >= 4 is 0 Å². The van der Waals surface area contributed by atoms with Crippen LogP contribution < -0.4 is 5.73 Å². The molecule has 0 unspecified atom stereocenters. The molecule has 0 aliphatic heterocycles. The first kappa shape index (κ1) is 10.3. The van der Waals surface area contributed by atoms with Crippen molar-refractivity contribution in [1.82, 2.24) is 4.57 Å². The summed E-state index contributed by atoms with van der Waals surface area (Å²) in [7, 11) is 0. The van der Waals surface area contributed by atoms with E-state index in [4.69, 9.17) is 5.73 Å². The first-order valence-corrected chi connectivity index (χ1v) is 5.02. The molecular weight excluding hydrogens is 160 g/mol. The predicted molar refractivity (Wildman–Crippen MR) is 56.9 cm³/mol. The van der Waals surface area contributed by atoms with E-state index in [0.717, 1.165) is 19.5 Å². The van der Waals surface area contributed by atoms with Crippen LogP contribution in [0, 0.1) is 6.92 Å². The Balaban J connectivity index is 2.78. The molecule has 0 spiro atoms. The maximum absolute atomic E-state index is 5.50. The Morgan fingerprint density at radius 1 is 1.46 bits per heavy atom. The van der Waals surface area contributed by atoms with Gasteiger partial charge in [-0.2, -0.15) is 0 Å². The van der Waals surface area contributed by atoms with Crippen LogP contribution in [0.2, 0.25) is 0 Å². The summed E-state index contributed by atoms with van der Waals surface area (Å²) >= 11 is 0. The fraction of sp³-hybridized carbons (Fsp3) is 0.636. The van der Waals surface area contributed by atoms with Crippen molar-refractivity contribution in [2.75, 3.05) is 6.54 Å². The van der Waals surface area contributed by atoms with E-state index in [9.17, 15) is 0 Å². The van der Waals surface area contributed by atoms with Crippen LogP contribution in [0.25, 0.3) is 0 Å². The van der Waals surface area contributed by atoms with E-state index < -0.39 is 0 Å². The number of nitrogens with two attached hydrogens (primary N) is 1. The number of hydrogen-bond acceptors (Lipinski definition) is 1. The molecule has 0 amide bonds. The van der Waals surface area contributed by atoms with E-state index in [1.165, 1.54) is 11.3 Å². The van der Waals surface area contributed by atoms with Crippen molar-refractivity contribution < 1.29 is 0 Å². The minimum Gasteiger partial charge on any atom is -0.351 e. The van der Waals surface area contributed by atoms with Gasteiger partial charge in [0.1, 0.15) is 0 Å². The Morgan fingerprint density at radius 2 is 2.15 bits per heavy atom. The van der Waals surface area contributed by atoms with Crippen LogP contribution >= 0.6 is 0 Å². The summed E-state index contributed by atoms with van der Waals surface area (Å²) in [6.07, 6.45) is 3.28. The van der Waals surface area contributed by atoms with Crippen molar-refractivity contribution in [2.24, 2.45) is 5.73 Å². The topological polar surface area (TPSA) is 30.9 Å². The van der Waals surface area contributed by atoms with E-state index in [1.807, 2.05) is 0 Å². The Morgan fingerprint density at radius 3 is 2.69 bits per heavy atom. The normalized spacial score (nSPS) is 11.2. The lowest BCUT2D eigenvalue weighted by molar-refractivity contribution is 0.606. The monoisotopic (exact) mass is 180 g/mol. The van der Waals surface area contributed by atoms with E-state index in [0.29, 0.717) is 5.92 Å². The Bertz CT molecular complexity index is 261. The lowest BCUT2D eigenvalue weighted by atomic mass is 10.1. The molecule has 0 aliphatic carbocycles. The second kappa shape index (κ2) is 4.47. The quantitative estimate of drug-likeness (QED) is 0.757. The lowest BCUT2D eigenvalue weighted by Crippen LogP contribution is -2.08. The average molecular weight is 180 g/mol. The van der Waals surface area contributed by atoms with E-state index in [-0.39, 0.29) is 0 Å². The molecule has 2 nitrogen and oxygen atoms in total. The highest BCUT2D eigenvalue weighted by Gasteiger charge is 2.06. The summed E-state index contributed by atoms with van der Waals surface area (Å²) in [6, 6.07) is 2.27. The standard InChI is InChI=1S/C11H20N2/c1-9(2)11-7-10(3)8-13(11)6-4-5-12/h7-9H,4-6,12H2,1-3H3. The van der Waals surface area contributed by atoms with Gasteiger partial charge in [0.15, 0.2) is 0 Å². The van der Waals surface area contributed by atoms with Crippen LogP contribution in [0.5, 0.6) is 0 Å². The fourth-order valence-corrected chi connectivity index (χ4v) is 1.63. The largest absolute Gasteiger partial charge is 0.351 e. The first-order chi connectivity index (χ1) is 6.15. The maximum atomic E-state index is 5.50. The van der Waals surface area contributed by atoms with Crippen LogP contribution in [0.4, 0.5) is 0 Å². The molecule has 0 saturated heterocycles. The number of aryl methyl sites for hydroxylation is 2. The summed E-state index contributed by atoms with van der Waals surface area (Å²) in [5.41, 5.74) is 8.27. The summed E-state index contributed by atoms with van der Waals surface area (Å²) in [5.74, 6) is 0.603. The van der Waals surface area contributed by atoms with Gasteiger partial charge in [-0.15, -0.1) is 0 Å². The number of nitrogens with zero attached hydrogens (tertiary/aromatic N) is 1. The van der Waals surface area contributed by atoms with Gasteiger partial charge < -0.3 is 10.3 Å². The van der Waals surface area contributed by atoms with Crippen molar-refractivity contribution in [1.29, 1.82) is 0 Å². The van der Waals surface area contributed by atoms with Gasteiger partial charge in [-0.3, -0.25) is 0 Å². The highest BCUT2D eigenvalue weighted by molar-refractivity contribution is 5.19. The van der Waals surface area contributed by atoms with Crippen LogP contribution in [0.15, 0.2) is 12.3 Å².